The van der Waals surface area contributed by atoms with Crippen molar-refractivity contribution in [2.24, 2.45) is 0 Å². The molecule has 4 rings (SSSR count). The van der Waals surface area contributed by atoms with Crippen molar-refractivity contribution in [2.75, 3.05) is 12.4 Å². The molecule has 1 atom stereocenters. The summed E-state index contributed by atoms with van der Waals surface area (Å²) in [7, 11) is 1.53. The molecule has 0 spiro atoms. The fourth-order valence-electron chi connectivity index (χ4n) is 3.53. The quantitative estimate of drug-likeness (QED) is 0.458. The van der Waals surface area contributed by atoms with Crippen LogP contribution in [0.15, 0.2) is 58.1 Å². The summed E-state index contributed by atoms with van der Waals surface area (Å²) in [5.41, 5.74) is 2.19. The number of hydrogen-bond acceptors (Lipinski definition) is 6. The molecule has 1 amide bonds. The van der Waals surface area contributed by atoms with Gasteiger partial charge >= 0.3 is 0 Å². The Bertz CT molecular complexity index is 1340. The second-order valence-corrected chi connectivity index (χ2v) is 7.73. The number of rotatable bonds is 6. The Labute approximate surface area is 188 Å². The molecule has 2 aromatic carbocycles. The van der Waals surface area contributed by atoms with Gasteiger partial charge in [-0.25, -0.2) is 4.98 Å². The van der Waals surface area contributed by atoms with Gasteiger partial charge in [-0.2, -0.15) is 0 Å². The van der Waals surface area contributed by atoms with E-state index in [2.05, 4.69) is 15.5 Å². The summed E-state index contributed by atoms with van der Waals surface area (Å²) in [5.74, 6) is 0.174. The van der Waals surface area contributed by atoms with Gasteiger partial charge < -0.3 is 14.6 Å². The maximum atomic E-state index is 13.4. The number of ether oxygens (including phenoxy) is 1. The molecule has 0 aliphatic carbocycles. The zero-order valence-electron chi connectivity index (χ0n) is 17.8. The molecule has 8 nitrogen and oxygen atoms in total. The summed E-state index contributed by atoms with van der Waals surface area (Å²) in [6, 6.07) is 11.6. The maximum absolute atomic E-state index is 13.4. The molecular weight excluding hydrogens is 432 g/mol. The molecule has 32 heavy (non-hydrogen) atoms. The van der Waals surface area contributed by atoms with Crippen LogP contribution in [0.25, 0.3) is 22.4 Å². The van der Waals surface area contributed by atoms with Crippen molar-refractivity contribution in [2.45, 2.75) is 26.3 Å². The number of methoxy groups -OCH3 is 1. The fraction of sp³-hybridized carbons (Fsp3) is 0.217. The molecule has 9 heteroatoms. The van der Waals surface area contributed by atoms with Crippen LogP contribution >= 0.6 is 11.6 Å². The molecule has 0 radical (unpaired) electrons. The summed E-state index contributed by atoms with van der Waals surface area (Å²) in [5, 5.41) is 7.65. The first-order chi connectivity index (χ1) is 15.4. The van der Waals surface area contributed by atoms with Crippen molar-refractivity contribution in [1.29, 1.82) is 0 Å². The average Bonchev–Trinajstić information content (AvgIpc) is 3.21. The zero-order chi connectivity index (χ0) is 22.8. The zero-order valence-corrected chi connectivity index (χ0v) is 18.5. The van der Waals surface area contributed by atoms with Gasteiger partial charge in [0.05, 0.1) is 12.8 Å². The van der Waals surface area contributed by atoms with Gasteiger partial charge in [-0.05, 0) is 43.2 Å². The molecule has 0 fully saturated rings. The Morgan fingerprint density at radius 3 is 2.69 bits per heavy atom. The lowest BCUT2D eigenvalue weighted by molar-refractivity contribution is -0.119. The van der Waals surface area contributed by atoms with E-state index in [4.69, 9.17) is 20.9 Å². The first-order valence-electron chi connectivity index (χ1n) is 10.0. The Balaban J connectivity index is 1.74. The molecule has 0 bridgehead atoms. The molecule has 0 saturated heterocycles. The first kappa shape index (κ1) is 21.6. The standard InChI is InChI=1S/C23H21ClN4O4/c1-4-17(21(29)26-16-11-13(2)5-10-18(16)31-3)28-12-25-22-19(23(28)30)20(27-32-22)14-6-8-15(24)9-7-14/h5-12,17H,4H2,1-3H3,(H,26,29)/t17-/m0/s1. The predicted molar refractivity (Wildman–Crippen MR) is 122 cm³/mol. The third-order valence-corrected chi connectivity index (χ3v) is 5.43. The van der Waals surface area contributed by atoms with Crippen molar-refractivity contribution in [1.82, 2.24) is 14.7 Å². The average molecular weight is 453 g/mol. The van der Waals surface area contributed by atoms with Crippen LogP contribution in [0, 0.1) is 6.92 Å². The number of fused-ring (bicyclic) bond motifs is 1. The van der Waals surface area contributed by atoms with E-state index in [1.807, 2.05) is 26.0 Å². The number of nitrogens with zero attached hydrogens (tertiary/aromatic N) is 3. The van der Waals surface area contributed by atoms with Crippen LogP contribution in [0.1, 0.15) is 24.9 Å². The molecular formula is C23H21ClN4O4. The number of carbonyl (C=O) groups is 1. The molecule has 4 aromatic rings. The maximum Gasteiger partial charge on any atom is 0.267 e. The number of nitrogens with one attached hydrogen (secondary N) is 1. The molecule has 2 aromatic heterocycles. The third kappa shape index (κ3) is 3.97. The van der Waals surface area contributed by atoms with Gasteiger partial charge in [-0.1, -0.05) is 41.9 Å². The fourth-order valence-corrected chi connectivity index (χ4v) is 3.66. The van der Waals surface area contributed by atoms with Crippen LogP contribution in [0.5, 0.6) is 5.75 Å². The Hall–Kier alpha value is -3.65. The van der Waals surface area contributed by atoms with E-state index < -0.39 is 11.6 Å². The van der Waals surface area contributed by atoms with Crippen LogP contribution in [0.3, 0.4) is 0 Å². The van der Waals surface area contributed by atoms with Gasteiger partial charge in [0.15, 0.2) is 0 Å². The Kier molecular flexibility index (Phi) is 5.96. The highest BCUT2D eigenvalue weighted by molar-refractivity contribution is 6.30. The number of aromatic nitrogens is 3. The summed E-state index contributed by atoms with van der Waals surface area (Å²) < 4.78 is 11.9. The molecule has 0 unspecified atom stereocenters. The molecule has 164 valence electrons. The van der Waals surface area contributed by atoms with E-state index in [-0.39, 0.29) is 17.0 Å². The minimum Gasteiger partial charge on any atom is -0.495 e. The second-order valence-electron chi connectivity index (χ2n) is 7.29. The minimum absolute atomic E-state index is 0.104. The molecule has 2 heterocycles. The van der Waals surface area contributed by atoms with Crippen molar-refractivity contribution < 1.29 is 14.1 Å². The second kappa shape index (κ2) is 8.84. The normalized spacial score (nSPS) is 12.0. The minimum atomic E-state index is -0.794. The van der Waals surface area contributed by atoms with Gasteiger partial charge in [0.2, 0.25) is 5.91 Å². The van der Waals surface area contributed by atoms with Crippen LogP contribution in [-0.4, -0.2) is 27.7 Å². The number of halogens is 1. The largest absolute Gasteiger partial charge is 0.495 e. The number of hydrogen-bond donors (Lipinski definition) is 1. The van der Waals surface area contributed by atoms with Gasteiger partial charge in [0.1, 0.15) is 29.2 Å². The van der Waals surface area contributed by atoms with Crippen LogP contribution in [-0.2, 0) is 4.79 Å². The van der Waals surface area contributed by atoms with Gasteiger partial charge in [-0.15, -0.1) is 0 Å². The van der Waals surface area contributed by atoms with Crippen LogP contribution < -0.4 is 15.6 Å². The molecule has 1 N–H and O–H groups in total. The monoisotopic (exact) mass is 452 g/mol. The van der Waals surface area contributed by atoms with E-state index in [0.717, 1.165) is 5.56 Å². The van der Waals surface area contributed by atoms with E-state index in [1.54, 1.807) is 30.3 Å². The highest BCUT2D eigenvalue weighted by atomic mass is 35.5. The highest BCUT2D eigenvalue weighted by Crippen LogP contribution is 2.28. The van der Waals surface area contributed by atoms with Crippen molar-refractivity contribution in [3.63, 3.8) is 0 Å². The number of anilines is 1. The lowest BCUT2D eigenvalue weighted by Crippen LogP contribution is -2.33. The summed E-state index contributed by atoms with van der Waals surface area (Å²) in [4.78, 5) is 30.7. The SMILES string of the molecule is CC[C@@H](C(=O)Nc1cc(C)ccc1OC)n1cnc2onc(-c3ccc(Cl)cc3)c2c1=O. The van der Waals surface area contributed by atoms with Crippen molar-refractivity contribution in [3.8, 4) is 17.0 Å². The van der Waals surface area contributed by atoms with Crippen molar-refractivity contribution in [3.05, 3.63) is 69.7 Å². The van der Waals surface area contributed by atoms with Gasteiger partial charge in [0, 0.05) is 10.6 Å². The number of benzene rings is 2. The van der Waals surface area contributed by atoms with Gasteiger partial charge in [-0.3, -0.25) is 14.2 Å². The van der Waals surface area contributed by atoms with Gasteiger partial charge in [0.25, 0.3) is 11.3 Å². The molecule has 0 saturated carbocycles. The number of amides is 1. The van der Waals surface area contributed by atoms with E-state index >= 15 is 0 Å². The third-order valence-electron chi connectivity index (χ3n) is 5.18. The first-order valence-corrected chi connectivity index (χ1v) is 10.4. The predicted octanol–water partition coefficient (Wildman–Crippen LogP) is 4.61. The number of carbonyl (C=O) groups excluding carboxylic acids is 1. The van der Waals surface area contributed by atoms with Crippen LogP contribution in [0.2, 0.25) is 5.02 Å². The highest BCUT2D eigenvalue weighted by Gasteiger charge is 2.25. The summed E-state index contributed by atoms with van der Waals surface area (Å²) >= 11 is 5.97. The molecule has 0 aliphatic heterocycles. The Morgan fingerprint density at radius 1 is 1.25 bits per heavy atom. The van der Waals surface area contributed by atoms with Crippen molar-refractivity contribution >= 4 is 34.3 Å². The topological polar surface area (TPSA) is 99.2 Å². The smallest absolute Gasteiger partial charge is 0.267 e. The molecule has 0 aliphatic rings. The lowest BCUT2D eigenvalue weighted by Gasteiger charge is -2.18. The Morgan fingerprint density at radius 2 is 2.00 bits per heavy atom. The lowest BCUT2D eigenvalue weighted by atomic mass is 10.1. The van der Waals surface area contributed by atoms with Crippen LogP contribution in [0.4, 0.5) is 5.69 Å². The number of aryl methyl sites for hydroxylation is 1. The summed E-state index contributed by atoms with van der Waals surface area (Å²) in [6.07, 6.45) is 1.68. The van der Waals surface area contributed by atoms with E-state index in [1.165, 1.54) is 18.0 Å². The van der Waals surface area contributed by atoms with E-state index in [9.17, 15) is 9.59 Å². The summed E-state index contributed by atoms with van der Waals surface area (Å²) in [6.45, 7) is 3.74. The van der Waals surface area contributed by atoms with E-state index in [0.29, 0.717) is 34.1 Å².